The Morgan fingerprint density at radius 2 is 1.97 bits per heavy atom. The Kier molecular flexibility index (Phi) is 8.24. The number of nitro benzene ring substituents is 1. The number of nitro groups is 1. The zero-order valence-electron chi connectivity index (χ0n) is 18.7. The van der Waals surface area contributed by atoms with E-state index >= 15 is 0 Å². The zero-order valence-corrected chi connectivity index (χ0v) is 20.3. The first kappa shape index (κ1) is 25.2. The molecule has 3 rings (SSSR count). The van der Waals surface area contributed by atoms with E-state index in [1.807, 2.05) is 43.5 Å². The SMILES string of the molecule is CCn1c(SCC(=O)Nc2cc([N+](=O)[O-])ccc2Cl)nnc1[C@H](C)NC(=O)c1ccccc1C. The number of anilines is 1. The number of aryl methyl sites for hydroxylation is 1. The molecule has 178 valence electrons. The fourth-order valence-corrected chi connectivity index (χ4v) is 4.20. The third-order valence-electron chi connectivity index (χ3n) is 4.95. The van der Waals surface area contributed by atoms with Gasteiger partial charge in [0.25, 0.3) is 11.6 Å². The zero-order chi connectivity index (χ0) is 24.8. The second-order valence-corrected chi connectivity index (χ2v) is 8.70. The van der Waals surface area contributed by atoms with E-state index in [9.17, 15) is 19.7 Å². The van der Waals surface area contributed by atoms with Crippen LogP contribution in [0.2, 0.25) is 5.02 Å². The minimum atomic E-state index is -0.564. The second-order valence-electron chi connectivity index (χ2n) is 7.35. The highest BCUT2D eigenvalue weighted by molar-refractivity contribution is 7.99. The molecule has 0 radical (unpaired) electrons. The average Bonchev–Trinajstić information content (AvgIpc) is 3.22. The number of thioether (sulfide) groups is 1. The standard InChI is InChI=1S/C22H23ClN6O4S/c1-4-28-20(14(3)24-21(31)16-8-6-5-7-13(16)2)26-27-22(28)34-12-19(30)25-18-11-15(29(32)33)9-10-17(18)23/h5-11,14H,4,12H2,1-3H3,(H,24,31)(H,25,30)/t14-/m0/s1. The first-order valence-corrected chi connectivity index (χ1v) is 11.7. The molecule has 0 bridgehead atoms. The lowest BCUT2D eigenvalue weighted by Gasteiger charge is -2.16. The largest absolute Gasteiger partial charge is 0.342 e. The number of rotatable bonds is 9. The number of nitrogens with zero attached hydrogens (tertiary/aromatic N) is 4. The molecule has 0 fully saturated rings. The van der Waals surface area contributed by atoms with E-state index in [4.69, 9.17) is 11.6 Å². The van der Waals surface area contributed by atoms with Crippen LogP contribution in [0.4, 0.5) is 11.4 Å². The summed E-state index contributed by atoms with van der Waals surface area (Å²) in [5.74, 6) is -0.0607. The molecule has 0 unspecified atom stereocenters. The monoisotopic (exact) mass is 502 g/mol. The Morgan fingerprint density at radius 3 is 2.65 bits per heavy atom. The lowest BCUT2D eigenvalue weighted by molar-refractivity contribution is -0.384. The molecule has 0 aliphatic heterocycles. The molecule has 0 spiro atoms. The van der Waals surface area contributed by atoms with Crippen LogP contribution >= 0.6 is 23.4 Å². The number of amides is 2. The molecule has 1 atom stereocenters. The van der Waals surface area contributed by atoms with E-state index in [0.29, 0.717) is 23.1 Å². The van der Waals surface area contributed by atoms with Crippen molar-refractivity contribution >= 4 is 46.6 Å². The maximum absolute atomic E-state index is 12.7. The van der Waals surface area contributed by atoms with E-state index in [1.165, 1.54) is 18.2 Å². The predicted octanol–water partition coefficient (Wildman–Crippen LogP) is 4.39. The lowest BCUT2D eigenvalue weighted by Crippen LogP contribution is -2.29. The second kappa shape index (κ2) is 11.1. The smallest absolute Gasteiger partial charge is 0.271 e. The first-order chi connectivity index (χ1) is 16.2. The summed E-state index contributed by atoms with van der Waals surface area (Å²) in [4.78, 5) is 35.5. The Morgan fingerprint density at radius 1 is 1.24 bits per heavy atom. The van der Waals surface area contributed by atoms with Crippen LogP contribution < -0.4 is 10.6 Å². The number of aromatic nitrogens is 3. The fourth-order valence-electron chi connectivity index (χ4n) is 3.23. The quantitative estimate of drug-likeness (QED) is 0.252. The Labute approximate surface area is 205 Å². The van der Waals surface area contributed by atoms with Gasteiger partial charge >= 0.3 is 0 Å². The van der Waals surface area contributed by atoms with Crippen molar-refractivity contribution in [3.8, 4) is 0 Å². The molecule has 0 aliphatic rings. The molecule has 2 N–H and O–H groups in total. The molecule has 0 saturated heterocycles. The molecule has 3 aromatic rings. The first-order valence-electron chi connectivity index (χ1n) is 10.4. The number of hydrogen-bond donors (Lipinski definition) is 2. The maximum Gasteiger partial charge on any atom is 0.271 e. The van der Waals surface area contributed by atoms with Crippen LogP contribution in [-0.4, -0.2) is 37.3 Å². The van der Waals surface area contributed by atoms with Gasteiger partial charge in [-0.2, -0.15) is 0 Å². The average molecular weight is 503 g/mol. The molecule has 0 saturated carbocycles. The molecule has 2 aromatic carbocycles. The highest BCUT2D eigenvalue weighted by Gasteiger charge is 2.21. The lowest BCUT2D eigenvalue weighted by atomic mass is 10.1. The molecule has 12 heteroatoms. The van der Waals surface area contributed by atoms with Crippen molar-refractivity contribution in [3.05, 3.63) is 74.6 Å². The van der Waals surface area contributed by atoms with Crippen molar-refractivity contribution in [2.75, 3.05) is 11.1 Å². The van der Waals surface area contributed by atoms with E-state index < -0.39 is 16.9 Å². The van der Waals surface area contributed by atoms with E-state index in [0.717, 1.165) is 17.3 Å². The van der Waals surface area contributed by atoms with Crippen LogP contribution in [0.15, 0.2) is 47.6 Å². The van der Waals surface area contributed by atoms with Crippen molar-refractivity contribution < 1.29 is 14.5 Å². The van der Waals surface area contributed by atoms with Gasteiger partial charge in [-0.3, -0.25) is 19.7 Å². The van der Waals surface area contributed by atoms with Crippen molar-refractivity contribution in [2.24, 2.45) is 0 Å². The molecule has 10 nitrogen and oxygen atoms in total. The van der Waals surface area contributed by atoms with Crippen LogP contribution in [0.5, 0.6) is 0 Å². The molecule has 0 aliphatic carbocycles. The Hall–Kier alpha value is -3.44. The summed E-state index contributed by atoms with van der Waals surface area (Å²) in [6.07, 6.45) is 0. The summed E-state index contributed by atoms with van der Waals surface area (Å²) in [5.41, 5.74) is 1.44. The van der Waals surface area contributed by atoms with Gasteiger partial charge in [-0.15, -0.1) is 10.2 Å². The third kappa shape index (κ3) is 5.91. The summed E-state index contributed by atoms with van der Waals surface area (Å²) in [6, 6.07) is 10.7. The predicted molar refractivity (Wildman–Crippen MR) is 130 cm³/mol. The highest BCUT2D eigenvalue weighted by atomic mass is 35.5. The normalized spacial score (nSPS) is 11.6. The van der Waals surface area contributed by atoms with Gasteiger partial charge in [0.1, 0.15) is 0 Å². The minimum absolute atomic E-state index is 0.0128. The van der Waals surface area contributed by atoms with E-state index in [-0.39, 0.29) is 28.1 Å². The van der Waals surface area contributed by atoms with Crippen LogP contribution in [0.1, 0.15) is 41.6 Å². The van der Waals surface area contributed by atoms with Gasteiger partial charge in [0.15, 0.2) is 11.0 Å². The number of carbonyl (C=O) groups is 2. The summed E-state index contributed by atoms with van der Waals surface area (Å²) in [5, 5.41) is 25.6. The molecule has 1 heterocycles. The molecular weight excluding hydrogens is 480 g/mol. The molecule has 2 amide bonds. The van der Waals surface area contributed by atoms with Crippen molar-refractivity contribution in [1.82, 2.24) is 20.1 Å². The summed E-state index contributed by atoms with van der Waals surface area (Å²) in [6.45, 7) is 6.13. The van der Waals surface area contributed by atoms with Crippen molar-refractivity contribution in [3.63, 3.8) is 0 Å². The van der Waals surface area contributed by atoms with Gasteiger partial charge in [-0.1, -0.05) is 41.6 Å². The summed E-state index contributed by atoms with van der Waals surface area (Å²) in [7, 11) is 0. The van der Waals surface area contributed by atoms with Gasteiger partial charge in [-0.05, 0) is 38.5 Å². The summed E-state index contributed by atoms with van der Waals surface area (Å²) >= 11 is 7.20. The molecular formula is C22H23ClN6O4S. The fraction of sp³-hybridized carbons (Fsp3) is 0.273. The van der Waals surface area contributed by atoms with Gasteiger partial charge < -0.3 is 15.2 Å². The van der Waals surface area contributed by atoms with Crippen molar-refractivity contribution in [2.45, 2.75) is 38.5 Å². The van der Waals surface area contributed by atoms with Crippen LogP contribution in [0.25, 0.3) is 0 Å². The van der Waals surface area contributed by atoms with Gasteiger partial charge in [0.05, 0.1) is 27.4 Å². The summed E-state index contributed by atoms with van der Waals surface area (Å²) < 4.78 is 1.82. The number of benzene rings is 2. The topological polar surface area (TPSA) is 132 Å². The number of hydrogen-bond acceptors (Lipinski definition) is 7. The van der Waals surface area contributed by atoms with Gasteiger partial charge in [-0.25, -0.2) is 0 Å². The minimum Gasteiger partial charge on any atom is -0.342 e. The molecule has 1 aromatic heterocycles. The molecule has 34 heavy (non-hydrogen) atoms. The van der Waals surface area contributed by atoms with E-state index in [1.54, 1.807) is 6.07 Å². The van der Waals surface area contributed by atoms with Crippen LogP contribution in [0.3, 0.4) is 0 Å². The number of halogens is 1. The van der Waals surface area contributed by atoms with E-state index in [2.05, 4.69) is 20.8 Å². The third-order valence-corrected chi connectivity index (χ3v) is 6.25. The maximum atomic E-state index is 12.7. The highest BCUT2D eigenvalue weighted by Crippen LogP contribution is 2.27. The Balaban J connectivity index is 1.66. The number of nitrogens with one attached hydrogen (secondary N) is 2. The number of carbonyl (C=O) groups excluding carboxylic acids is 2. The van der Waals surface area contributed by atoms with Crippen LogP contribution in [0, 0.1) is 17.0 Å². The van der Waals surface area contributed by atoms with Crippen LogP contribution in [-0.2, 0) is 11.3 Å². The van der Waals surface area contributed by atoms with Crippen molar-refractivity contribution in [1.29, 1.82) is 0 Å². The number of non-ortho nitro benzene ring substituents is 1. The van der Waals surface area contributed by atoms with Gasteiger partial charge in [0, 0.05) is 24.2 Å². The Bertz CT molecular complexity index is 1230. The van der Waals surface area contributed by atoms with Gasteiger partial charge in [0.2, 0.25) is 5.91 Å².